The van der Waals surface area contributed by atoms with Crippen LogP contribution >= 0.6 is 0 Å². The van der Waals surface area contributed by atoms with Crippen molar-refractivity contribution in [1.29, 1.82) is 0 Å². The summed E-state index contributed by atoms with van der Waals surface area (Å²) < 4.78 is 11.1. The molecule has 240 valence electrons. The molecule has 8 nitrogen and oxygen atoms in total. The number of hydrogen-bond acceptors (Lipinski definition) is 8. The summed E-state index contributed by atoms with van der Waals surface area (Å²) in [6.45, 7) is 11.5. The molecular formula is C34H56O8. The van der Waals surface area contributed by atoms with Gasteiger partial charge in [-0.1, -0.05) is 51.8 Å². The molecule has 4 aliphatic carbocycles. The van der Waals surface area contributed by atoms with Crippen LogP contribution in [-0.2, 0) is 9.47 Å². The van der Waals surface area contributed by atoms with Gasteiger partial charge in [-0.05, 0) is 104 Å². The Kier molecular flexibility index (Phi) is 9.70. The van der Waals surface area contributed by atoms with Crippen molar-refractivity contribution in [2.75, 3.05) is 13.2 Å². The van der Waals surface area contributed by atoms with Gasteiger partial charge in [0.1, 0.15) is 18.3 Å². The summed E-state index contributed by atoms with van der Waals surface area (Å²) in [5, 5.41) is 62.9. The van der Waals surface area contributed by atoms with Gasteiger partial charge in [0.2, 0.25) is 0 Å². The van der Waals surface area contributed by atoms with E-state index < -0.39 is 36.8 Å². The number of fused-ring (bicyclic) bond motifs is 4. The molecule has 5 aliphatic rings. The second kappa shape index (κ2) is 12.5. The van der Waals surface area contributed by atoms with Gasteiger partial charge in [-0.25, -0.2) is 0 Å². The predicted molar refractivity (Wildman–Crippen MR) is 159 cm³/mol. The van der Waals surface area contributed by atoms with Gasteiger partial charge < -0.3 is 40.1 Å². The first-order chi connectivity index (χ1) is 19.8. The Morgan fingerprint density at radius 1 is 0.976 bits per heavy atom. The maximum atomic E-state index is 11.5. The Hall–Kier alpha value is -0.840. The second-order valence-corrected chi connectivity index (χ2v) is 15.2. The molecule has 3 saturated carbocycles. The fourth-order valence-electron chi connectivity index (χ4n) is 9.88. The van der Waals surface area contributed by atoms with Crippen LogP contribution in [0, 0.1) is 40.4 Å². The molecule has 6 unspecified atom stereocenters. The largest absolute Gasteiger partial charge is 0.393 e. The zero-order chi connectivity index (χ0) is 30.6. The second-order valence-electron chi connectivity index (χ2n) is 15.2. The number of aliphatic hydroxyl groups is 6. The fourth-order valence-corrected chi connectivity index (χ4v) is 9.88. The lowest BCUT2D eigenvalue weighted by Crippen LogP contribution is -2.53. The molecule has 0 bridgehead atoms. The Balaban J connectivity index is 1.26. The lowest BCUT2D eigenvalue weighted by molar-refractivity contribution is -0.266. The van der Waals surface area contributed by atoms with E-state index in [0.717, 1.165) is 44.9 Å². The summed E-state index contributed by atoms with van der Waals surface area (Å²) in [6.07, 6.45) is 4.07. The quantitative estimate of drug-likeness (QED) is 0.236. The summed E-state index contributed by atoms with van der Waals surface area (Å²) in [6, 6.07) is 0. The van der Waals surface area contributed by atoms with Crippen LogP contribution < -0.4 is 0 Å². The van der Waals surface area contributed by atoms with Gasteiger partial charge in [0, 0.05) is 0 Å². The van der Waals surface area contributed by atoms with Gasteiger partial charge in [-0.2, -0.15) is 0 Å². The van der Waals surface area contributed by atoms with Gasteiger partial charge in [0.15, 0.2) is 6.29 Å². The summed E-state index contributed by atoms with van der Waals surface area (Å²) in [5.74, 6) is 1.62. The van der Waals surface area contributed by atoms with Gasteiger partial charge >= 0.3 is 0 Å². The average Bonchev–Trinajstić information content (AvgIpc) is 3.21. The maximum Gasteiger partial charge on any atom is 0.186 e. The summed E-state index contributed by atoms with van der Waals surface area (Å²) in [5.41, 5.74) is 3.75. The van der Waals surface area contributed by atoms with Crippen LogP contribution in [0.15, 0.2) is 22.8 Å². The van der Waals surface area contributed by atoms with Crippen LogP contribution in [0.1, 0.15) is 92.4 Å². The Labute approximate surface area is 251 Å². The van der Waals surface area contributed by atoms with E-state index in [9.17, 15) is 30.6 Å². The molecule has 6 N–H and O–H groups in total. The van der Waals surface area contributed by atoms with E-state index in [1.807, 2.05) is 0 Å². The normalized spacial score (nSPS) is 46.8. The highest BCUT2D eigenvalue weighted by atomic mass is 16.7. The summed E-state index contributed by atoms with van der Waals surface area (Å²) >= 11 is 0. The van der Waals surface area contributed by atoms with Crippen LogP contribution in [0.25, 0.3) is 0 Å². The fraction of sp³-hybridized carbons (Fsp3) is 0.882. The van der Waals surface area contributed by atoms with Crippen LogP contribution in [0.3, 0.4) is 0 Å². The highest BCUT2D eigenvalue weighted by molar-refractivity contribution is 5.38. The number of rotatable bonds is 8. The SMILES string of the molecule is CC(C)/C(=C/COC1OCC(O)C(O)C1O)CC[C@@H](C)[C@H]1C[C@@H](O)C2=C3C[C@H](O)C4C[C@@H](O)CC[C@]4(C)C3CC[C@@]21C. The van der Waals surface area contributed by atoms with E-state index in [-0.39, 0.29) is 36.1 Å². The molecule has 1 aliphatic heterocycles. The molecule has 0 amide bonds. The smallest absolute Gasteiger partial charge is 0.186 e. The van der Waals surface area contributed by atoms with E-state index in [4.69, 9.17) is 9.47 Å². The lowest BCUT2D eigenvalue weighted by atomic mass is 9.48. The van der Waals surface area contributed by atoms with Crippen LogP contribution in [0.5, 0.6) is 0 Å². The first kappa shape index (κ1) is 32.6. The van der Waals surface area contributed by atoms with Crippen molar-refractivity contribution in [3.8, 4) is 0 Å². The molecule has 42 heavy (non-hydrogen) atoms. The highest BCUT2D eigenvalue weighted by Crippen LogP contribution is 2.66. The highest BCUT2D eigenvalue weighted by Gasteiger charge is 2.59. The minimum atomic E-state index is -1.29. The molecule has 0 radical (unpaired) electrons. The van der Waals surface area contributed by atoms with Crippen molar-refractivity contribution in [1.82, 2.24) is 0 Å². The van der Waals surface area contributed by atoms with Crippen LogP contribution in [0.2, 0.25) is 0 Å². The summed E-state index contributed by atoms with van der Waals surface area (Å²) in [7, 11) is 0. The zero-order valence-corrected chi connectivity index (χ0v) is 26.3. The Morgan fingerprint density at radius 3 is 2.43 bits per heavy atom. The molecule has 1 saturated heterocycles. The predicted octanol–water partition coefficient (Wildman–Crippen LogP) is 3.47. The van der Waals surface area contributed by atoms with Gasteiger partial charge in [0.05, 0.1) is 31.5 Å². The number of hydrogen-bond donors (Lipinski definition) is 6. The minimum Gasteiger partial charge on any atom is -0.393 e. The van der Waals surface area contributed by atoms with Crippen LogP contribution in [-0.4, -0.2) is 86.8 Å². The molecule has 4 fully saturated rings. The molecule has 0 aromatic carbocycles. The Bertz CT molecular complexity index is 1030. The van der Waals surface area contributed by atoms with Crippen molar-refractivity contribution < 1.29 is 40.1 Å². The number of ether oxygens (including phenoxy) is 2. The molecule has 0 aromatic rings. The third-order valence-corrected chi connectivity index (χ3v) is 12.4. The monoisotopic (exact) mass is 592 g/mol. The molecule has 0 aromatic heterocycles. The molecule has 8 heteroatoms. The third-order valence-electron chi connectivity index (χ3n) is 12.4. The van der Waals surface area contributed by atoms with Gasteiger partial charge in [-0.15, -0.1) is 0 Å². The molecular weight excluding hydrogens is 536 g/mol. The molecule has 1 heterocycles. The van der Waals surface area contributed by atoms with Crippen molar-refractivity contribution in [2.24, 2.45) is 40.4 Å². The van der Waals surface area contributed by atoms with Crippen LogP contribution in [0.4, 0.5) is 0 Å². The van der Waals surface area contributed by atoms with E-state index in [1.54, 1.807) is 0 Å². The van der Waals surface area contributed by atoms with Crippen molar-refractivity contribution in [2.45, 2.75) is 135 Å². The van der Waals surface area contributed by atoms with E-state index in [1.165, 1.54) is 16.7 Å². The van der Waals surface area contributed by atoms with E-state index in [2.05, 4.69) is 40.7 Å². The first-order valence-electron chi connectivity index (χ1n) is 16.5. The maximum absolute atomic E-state index is 11.5. The lowest BCUT2D eigenvalue weighted by Gasteiger charge is -2.58. The first-order valence-corrected chi connectivity index (χ1v) is 16.5. The number of aliphatic hydroxyl groups excluding tert-OH is 6. The topological polar surface area (TPSA) is 140 Å². The Morgan fingerprint density at radius 2 is 1.71 bits per heavy atom. The number of allylic oxidation sites excluding steroid dienone is 1. The third kappa shape index (κ3) is 5.80. The van der Waals surface area contributed by atoms with Crippen molar-refractivity contribution in [3.63, 3.8) is 0 Å². The zero-order valence-electron chi connectivity index (χ0n) is 26.3. The van der Waals surface area contributed by atoms with E-state index in [0.29, 0.717) is 36.5 Å². The van der Waals surface area contributed by atoms with E-state index >= 15 is 0 Å². The molecule has 5 rings (SSSR count). The minimum absolute atomic E-state index is 0.0143. The average molecular weight is 593 g/mol. The van der Waals surface area contributed by atoms with Crippen molar-refractivity contribution >= 4 is 0 Å². The van der Waals surface area contributed by atoms with Gasteiger partial charge in [-0.3, -0.25) is 0 Å². The standard InChI is InChI=1S/C34H56O8/c1-18(2)20(10-13-41-32-31(40)30(39)28(38)17-42-32)7-6-19(3)24-16-27(37)29-22-15-26(36)25-14-21(35)8-11-33(25,4)23(22)9-12-34(24,29)5/h10,18-19,21,23-28,30-32,35-40H,6-9,11-17H2,1-5H3/b20-10+/t19-,21+,23?,24-,25?,26+,27-,28?,30?,31?,32?,33-,34-/m1/s1. The van der Waals surface area contributed by atoms with Gasteiger partial charge in [0.25, 0.3) is 0 Å². The molecule has 0 spiro atoms. The molecule has 13 atom stereocenters. The summed E-state index contributed by atoms with van der Waals surface area (Å²) in [4.78, 5) is 0. The van der Waals surface area contributed by atoms with Crippen molar-refractivity contribution in [3.05, 3.63) is 22.8 Å².